The Morgan fingerprint density at radius 2 is 1.74 bits per heavy atom. The fourth-order valence-corrected chi connectivity index (χ4v) is 6.02. The van der Waals surface area contributed by atoms with E-state index in [1.165, 1.54) is 0 Å². The first-order valence-corrected chi connectivity index (χ1v) is 13.9. The van der Waals surface area contributed by atoms with Gasteiger partial charge in [-0.05, 0) is 43.9 Å². The number of nitrogens with one attached hydrogen (secondary N) is 1. The van der Waals surface area contributed by atoms with E-state index in [-0.39, 0.29) is 36.4 Å². The summed E-state index contributed by atoms with van der Waals surface area (Å²) >= 11 is 0. The molecule has 0 aromatic rings. The van der Waals surface area contributed by atoms with Crippen LogP contribution in [0, 0.1) is 11.8 Å². The van der Waals surface area contributed by atoms with Gasteiger partial charge in [-0.3, -0.25) is 9.59 Å². The van der Waals surface area contributed by atoms with E-state index in [0.717, 1.165) is 51.4 Å². The molecular formula is C27H46N2O6. The molecule has 1 heterocycles. The van der Waals surface area contributed by atoms with Crippen molar-refractivity contribution >= 4 is 17.6 Å². The molecule has 0 unspecified atom stereocenters. The monoisotopic (exact) mass is 494 g/mol. The Kier molecular flexibility index (Phi) is 11.0. The molecule has 3 N–H and O–H groups in total. The lowest BCUT2D eigenvalue weighted by molar-refractivity contribution is -0.135. The smallest absolute Gasteiger partial charge is 0.318 e. The van der Waals surface area contributed by atoms with Crippen LogP contribution in [-0.2, 0) is 14.3 Å². The summed E-state index contributed by atoms with van der Waals surface area (Å²) in [6.07, 6.45) is 8.32. The number of unbranched alkanes of at least 4 members (excludes halogenated alkanes) is 1. The Labute approximate surface area is 210 Å². The first-order valence-electron chi connectivity index (χ1n) is 13.9. The number of nitrogens with zero attached hydrogens (tertiary/aromatic N) is 1. The minimum absolute atomic E-state index is 0.0653. The molecule has 3 fully saturated rings. The van der Waals surface area contributed by atoms with Gasteiger partial charge in [-0.25, -0.2) is 4.79 Å². The highest BCUT2D eigenvalue weighted by Gasteiger charge is 2.43. The van der Waals surface area contributed by atoms with E-state index in [4.69, 9.17) is 4.74 Å². The molecule has 8 nitrogen and oxygen atoms in total. The fourth-order valence-electron chi connectivity index (χ4n) is 6.02. The quantitative estimate of drug-likeness (QED) is 0.406. The number of carbonyl (C=O) groups excluding carboxylic acids is 3. The van der Waals surface area contributed by atoms with Crippen LogP contribution in [-0.4, -0.2) is 76.8 Å². The van der Waals surface area contributed by atoms with Gasteiger partial charge in [-0.2, -0.15) is 0 Å². The van der Waals surface area contributed by atoms with Crippen molar-refractivity contribution in [3.8, 4) is 0 Å². The van der Waals surface area contributed by atoms with Crippen molar-refractivity contribution in [1.29, 1.82) is 0 Å². The van der Waals surface area contributed by atoms with Crippen LogP contribution in [0.15, 0.2) is 0 Å². The molecule has 200 valence electrons. The van der Waals surface area contributed by atoms with Crippen LogP contribution in [0.2, 0.25) is 0 Å². The summed E-state index contributed by atoms with van der Waals surface area (Å²) in [6, 6.07) is -0.225. The van der Waals surface area contributed by atoms with Gasteiger partial charge in [0.1, 0.15) is 11.6 Å². The van der Waals surface area contributed by atoms with Gasteiger partial charge in [-0.1, -0.05) is 51.9 Å². The molecule has 3 rings (SSSR count). The highest BCUT2D eigenvalue weighted by molar-refractivity contribution is 5.93. The van der Waals surface area contributed by atoms with Crippen LogP contribution >= 0.6 is 0 Å². The second-order valence-electron chi connectivity index (χ2n) is 10.9. The molecular weight excluding hydrogens is 448 g/mol. The molecule has 0 aromatic heterocycles. The molecule has 0 spiro atoms. The van der Waals surface area contributed by atoms with E-state index in [9.17, 15) is 24.6 Å². The van der Waals surface area contributed by atoms with E-state index < -0.39 is 23.7 Å². The van der Waals surface area contributed by atoms with Crippen molar-refractivity contribution in [2.45, 2.75) is 115 Å². The number of ether oxygens (including phenoxy) is 1. The summed E-state index contributed by atoms with van der Waals surface area (Å²) < 4.78 is 5.35. The number of aliphatic hydroxyl groups excluding tert-OH is 2. The Morgan fingerprint density at radius 1 is 1.06 bits per heavy atom. The summed E-state index contributed by atoms with van der Waals surface area (Å²) in [4.78, 5) is 41.5. The van der Waals surface area contributed by atoms with Crippen molar-refractivity contribution in [3.05, 3.63) is 0 Å². The first-order chi connectivity index (χ1) is 16.9. The normalized spacial score (nSPS) is 26.5. The molecule has 2 amide bonds. The maximum Gasteiger partial charge on any atom is 0.318 e. The molecule has 1 aliphatic heterocycles. The number of ketones is 2. The lowest BCUT2D eigenvalue weighted by Gasteiger charge is -2.40. The predicted molar refractivity (Wildman–Crippen MR) is 133 cm³/mol. The highest BCUT2D eigenvalue weighted by Crippen LogP contribution is 2.34. The molecule has 2 aliphatic carbocycles. The first kappa shape index (κ1) is 28.1. The van der Waals surface area contributed by atoms with Crippen molar-refractivity contribution < 1.29 is 29.3 Å². The number of hydrogen-bond donors (Lipinski definition) is 3. The van der Waals surface area contributed by atoms with Crippen molar-refractivity contribution in [2.75, 3.05) is 26.3 Å². The Hall–Kier alpha value is -1.51. The molecule has 4 atom stereocenters. The van der Waals surface area contributed by atoms with Gasteiger partial charge in [-0.15, -0.1) is 0 Å². The third-order valence-electron chi connectivity index (χ3n) is 8.37. The van der Waals surface area contributed by atoms with E-state index >= 15 is 0 Å². The molecule has 0 aromatic carbocycles. The number of carbonyl (C=O) groups is 3. The van der Waals surface area contributed by atoms with Gasteiger partial charge < -0.3 is 25.2 Å². The van der Waals surface area contributed by atoms with E-state index in [2.05, 4.69) is 12.2 Å². The van der Waals surface area contributed by atoms with Gasteiger partial charge in [0, 0.05) is 25.9 Å². The molecule has 8 heteroatoms. The van der Waals surface area contributed by atoms with Crippen LogP contribution in [0.1, 0.15) is 96.8 Å². The number of urea groups is 1. The summed E-state index contributed by atoms with van der Waals surface area (Å²) in [5.74, 6) is -0.898. The third kappa shape index (κ3) is 7.73. The topological polar surface area (TPSA) is 116 Å². The number of morpholine rings is 1. The van der Waals surface area contributed by atoms with Crippen LogP contribution in [0.25, 0.3) is 0 Å². The van der Waals surface area contributed by atoms with E-state index in [0.29, 0.717) is 52.0 Å². The van der Waals surface area contributed by atoms with Gasteiger partial charge in [0.05, 0.1) is 19.3 Å². The lowest BCUT2D eigenvalue weighted by Crippen LogP contribution is -2.60. The maximum absolute atomic E-state index is 13.8. The third-order valence-corrected chi connectivity index (χ3v) is 8.37. The summed E-state index contributed by atoms with van der Waals surface area (Å²) in [6.45, 7) is 4.07. The average Bonchev–Trinajstić information content (AvgIpc) is 2.88. The average molecular weight is 495 g/mol. The zero-order valence-corrected chi connectivity index (χ0v) is 21.5. The van der Waals surface area contributed by atoms with Gasteiger partial charge in [0.25, 0.3) is 0 Å². The predicted octanol–water partition coefficient (Wildman–Crippen LogP) is 3.37. The zero-order valence-electron chi connectivity index (χ0n) is 21.5. The number of aliphatic hydroxyl groups is 2. The number of rotatable bonds is 11. The second kappa shape index (κ2) is 13.7. The van der Waals surface area contributed by atoms with E-state index in [1.807, 2.05) is 0 Å². The Bertz CT molecular complexity index is 702. The summed E-state index contributed by atoms with van der Waals surface area (Å²) in [5.41, 5.74) is -0.930. The SMILES string of the molecule is CCCC[C@H](CC(=O)C1(NC(=O)N2CCOCC2)CCCCC1)[C@H](O)C(=O)C[C@H]1CCCC[C@@H]1O. The van der Waals surface area contributed by atoms with Crippen molar-refractivity contribution in [2.24, 2.45) is 11.8 Å². The molecule has 0 bridgehead atoms. The van der Waals surface area contributed by atoms with Gasteiger partial charge in [0.15, 0.2) is 11.6 Å². The summed E-state index contributed by atoms with van der Waals surface area (Å²) in [7, 11) is 0. The fraction of sp³-hybridized carbons (Fsp3) is 0.889. The molecule has 3 aliphatic rings. The minimum atomic E-state index is -1.21. The number of hydrogen-bond acceptors (Lipinski definition) is 6. The van der Waals surface area contributed by atoms with Gasteiger partial charge in [0.2, 0.25) is 0 Å². The number of Topliss-reactive ketones (excluding diaryl/α,β-unsaturated/α-hetero) is 2. The standard InChI is InChI=1S/C27H46N2O6/c1-2-3-9-21(25(33)23(31)18-20-10-5-6-11-22(20)30)19-24(32)27(12-7-4-8-13-27)28-26(34)29-14-16-35-17-15-29/h20-22,25,30,33H,2-19H2,1H3,(H,28,34)/t20-,21-,22+,25+/m1/s1. The lowest BCUT2D eigenvalue weighted by atomic mass is 9.74. The Morgan fingerprint density at radius 3 is 2.40 bits per heavy atom. The van der Waals surface area contributed by atoms with Crippen LogP contribution < -0.4 is 5.32 Å². The molecule has 2 saturated carbocycles. The highest BCUT2D eigenvalue weighted by atomic mass is 16.5. The summed E-state index contributed by atoms with van der Waals surface area (Å²) in [5, 5.41) is 24.4. The molecule has 0 radical (unpaired) electrons. The van der Waals surface area contributed by atoms with Crippen LogP contribution in [0.3, 0.4) is 0 Å². The maximum atomic E-state index is 13.8. The Balaban J connectivity index is 1.68. The van der Waals surface area contributed by atoms with Crippen LogP contribution in [0.5, 0.6) is 0 Å². The molecule has 1 saturated heterocycles. The minimum Gasteiger partial charge on any atom is -0.393 e. The van der Waals surface area contributed by atoms with Crippen LogP contribution in [0.4, 0.5) is 4.79 Å². The zero-order chi connectivity index (χ0) is 25.3. The van der Waals surface area contributed by atoms with Gasteiger partial charge >= 0.3 is 6.03 Å². The largest absolute Gasteiger partial charge is 0.393 e. The second-order valence-corrected chi connectivity index (χ2v) is 10.9. The van der Waals surface area contributed by atoms with Crippen molar-refractivity contribution in [1.82, 2.24) is 10.2 Å². The van der Waals surface area contributed by atoms with E-state index in [1.54, 1.807) is 4.90 Å². The molecule has 35 heavy (non-hydrogen) atoms. The number of amides is 2. The van der Waals surface area contributed by atoms with Crippen molar-refractivity contribution in [3.63, 3.8) is 0 Å².